The molecule has 2 rings (SSSR count). The molecule has 0 saturated heterocycles. The van der Waals surface area contributed by atoms with Crippen molar-refractivity contribution in [3.05, 3.63) is 63.7 Å². The number of non-ortho nitro benzene ring substituents is 1. The summed E-state index contributed by atoms with van der Waals surface area (Å²) in [5.41, 5.74) is -0.434. The molecule has 2 aromatic carbocycles. The Bertz CT molecular complexity index is 723. The number of nitrogens with zero attached hydrogens (tertiary/aromatic N) is 1. The number of benzene rings is 2. The summed E-state index contributed by atoms with van der Waals surface area (Å²) in [7, 11) is 1.30. The summed E-state index contributed by atoms with van der Waals surface area (Å²) in [6, 6.07) is 6.37. The van der Waals surface area contributed by atoms with Crippen LogP contribution in [0, 0.1) is 21.7 Å². The van der Waals surface area contributed by atoms with Gasteiger partial charge in [0.15, 0.2) is 11.5 Å². The predicted octanol–water partition coefficient (Wildman–Crippen LogP) is 2.99. The fourth-order valence-electron chi connectivity index (χ4n) is 1.92. The topological polar surface area (TPSA) is 81.8 Å². The van der Waals surface area contributed by atoms with Crippen LogP contribution in [0.3, 0.4) is 0 Å². The zero-order chi connectivity index (χ0) is 17.0. The maximum Gasteiger partial charge on any atom is 0.273 e. The van der Waals surface area contributed by atoms with Gasteiger partial charge in [-0.15, -0.1) is 0 Å². The average Bonchev–Trinajstić information content (AvgIpc) is 2.54. The monoisotopic (exact) mass is 325 g/mol. The minimum Gasteiger partial charge on any atom is -0.493 e. The summed E-state index contributed by atoms with van der Waals surface area (Å²) in [5, 5.41) is 20.6. The van der Waals surface area contributed by atoms with Crippen molar-refractivity contribution < 1.29 is 28.3 Å². The van der Waals surface area contributed by atoms with Gasteiger partial charge in [-0.3, -0.25) is 10.1 Å². The first-order chi connectivity index (χ1) is 10.9. The van der Waals surface area contributed by atoms with Crippen LogP contribution in [0.25, 0.3) is 0 Å². The molecule has 8 heteroatoms. The molecule has 0 aliphatic rings. The van der Waals surface area contributed by atoms with Crippen molar-refractivity contribution in [1.82, 2.24) is 0 Å². The molecule has 0 aliphatic carbocycles. The molecule has 1 atom stereocenters. The Morgan fingerprint density at radius 2 is 1.96 bits per heavy atom. The van der Waals surface area contributed by atoms with Gasteiger partial charge in [0.1, 0.15) is 24.3 Å². The highest BCUT2D eigenvalue weighted by molar-refractivity contribution is 5.48. The largest absolute Gasteiger partial charge is 0.493 e. The number of hydrogen-bond donors (Lipinski definition) is 1. The first-order valence-corrected chi connectivity index (χ1v) is 6.50. The quantitative estimate of drug-likeness (QED) is 0.652. The Morgan fingerprint density at radius 1 is 1.22 bits per heavy atom. The number of ether oxygens (including phenoxy) is 2. The van der Waals surface area contributed by atoms with E-state index < -0.39 is 22.7 Å². The third-order valence-electron chi connectivity index (χ3n) is 3.07. The molecule has 122 valence electrons. The fourth-order valence-corrected chi connectivity index (χ4v) is 1.92. The highest BCUT2D eigenvalue weighted by Crippen LogP contribution is 2.32. The summed E-state index contributed by atoms with van der Waals surface area (Å²) in [4.78, 5) is 10.1. The summed E-state index contributed by atoms with van der Waals surface area (Å²) < 4.78 is 36.9. The molecule has 0 saturated carbocycles. The average molecular weight is 325 g/mol. The molecule has 0 aliphatic heterocycles. The van der Waals surface area contributed by atoms with Gasteiger partial charge in [-0.2, -0.15) is 0 Å². The normalized spacial score (nSPS) is 11.8. The second-order valence-electron chi connectivity index (χ2n) is 4.58. The van der Waals surface area contributed by atoms with Crippen molar-refractivity contribution in [2.24, 2.45) is 0 Å². The van der Waals surface area contributed by atoms with Crippen molar-refractivity contribution in [1.29, 1.82) is 0 Å². The number of aliphatic hydroxyl groups excluding tert-OH is 1. The van der Waals surface area contributed by atoms with E-state index in [1.165, 1.54) is 19.2 Å². The lowest BCUT2D eigenvalue weighted by Gasteiger charge is -2.15. The number of aliphatic hydroxyl groups is 1. The van der Waals surface area contributed by atoms with Gasteiger partial charge in [-0.1, -0.05) is 0 Å². The van der Waals surface area contributed by atoms with Crippen LogP contribution in [0.15, 0.2) is 36.4 Å². The van der Waals surface area contributed by atoms with Crippen LogP contribution in [0.4, 0.5) is 14.5 Å². The smallest absolute Gasteiger partial charge is 0.273 e. The lowest BCUT2D eigenvalue weighted by atomic mass is 10.1. The van der Waals surface area contributed by atoms with Crippen LogP contribution in [0.1, 0.15) is 11.7 Å². The third-order valence-corrected chi connectivity index (χ3v) is 3.07. The second-order valence-corrected chi connectivity index (χ2v) is 4.58. The Balaban J connectivity index is 2.14. The lowest BCUT2D eigenvalue weighted by molar-refractivity contribution is -0.385. The van der Waals surface area contributed by atoms with E-state index in [1.54, 1.807) is 0 Å². The molecule has 1 unspecified atom stereocenters. The SMILES string of the molecule is COc1cc([N+](=O)[O-])ccc1OCC(O)c1cc(F)ccc1F. The molecule has 2 aromatic rings. The summed E-state index contributed by atoms with van der Waals surface area (Å²) >= 11 is 0. The molecule has 0 heterocycles. The lowest BCUT2D eigenvalue weighted by Crippen LogP contribution is -2.12. The minimum absolute atomic E-state index is 0.0890. The summed E-state index contributed by atoms with van der Waals surface area (Å²) in [6.45, 7) is -0.380. The van der Waals surface area contributed by atoms with E-state index >= 15 is 0 Å². The van der Waals surface area contributed by atoms with Gasteiger partial charge in [0.05, 0.1) is 18.1 Å². The van der Waals surface area contributed by atoms with E-state index in [-0.39, 0.29) is 29.4 Å². The standard InChI is InChI=1S/C15H13F2NO5/c1-22-15-7-10(18(20)21)3-5-14(15)23-8-13(19)11-6-9(16)2-4-12(11)17/h2-7,13,19H,8H2,1H3. The van der Waals surface area contributed by atoms with Crippen LogP contribution in [-0.2, 0) is 0 Å². The minimum atomic E-state index is -1.41. The van der Waals surface area contributed by atoms with Crippen molar-refractivity contribution >= 4 is 5.69 Å². The van der Waals surface area contributed by atoms with E-state index in [9.17, 15) is 24.0 Å². The number of methoxy groups -OCH3 is 1. The molecule has 0 fully saturated rings. The highest BCUT2D eigenvalue weighted by Gasteiger charge is 2.17. The van der Waals surface area contributed by atoms with Gasteiger partial charge in [0.2, 0.25) is 0 Å². The molecule has 0 aromatic heterocycles. The molecule has 0 bridgehead atoms. The zero-order valence-corrected chi connectivity index (χ0v) is 12.0. The first-order valence-electron chi connectivity index (χ1n) is 6.50. The van der Waals surface area contributed by atoms with E-state index in [4.69, 9.17) is 9.47 Å². The first kappa shape index (κ1) is 16.6. The Kier molecular flexibility index (Phi) is 5.07. The predicted molar refractivity (Wildman–Crippen MR) is 76.5 cm³/mol. The van der Waals surface area contributed by atoms with Crippen molar-refractivity contribution in [2.75, 3.05) is 13.7 Å². The Hall–Kier alpha value is -2.74. The highest BCUT2D eigenvalue weighted by atomic mass is 19.1. The third kappa shape index (κ3) is 3.92. The number of nitro benzene ring substituents is 1. The van der Waals surface area contributed by atoms with Crippen molar-refractivity contribution in [3.8, 4) is 11.5 Å². The van der Waals surface area contributed by atoms with Crippen molar-refractivity contribution in [2.45, 2.75) is 6.10 Å². The Labute approximate surface area is 130 Å². The van der Waals surface area contributed by atoms with E-state index in [1.807, 2.05) is 0 Å². The fraction of sp³-hybridized carbons (Fsp3) is 0.200. The number of nitro groups is 1. The van der Waals surface area contributed by atoms with Crippen LogP contribution < -0.4 is 9.47 Å². The maximum atomic E-state index is 13.6. The van der Waals surface area contributed by atoms with Gasteiger partial charge >= 0.3 is 0 Å². The van der Waals surface area contributed by atoms with Crippen LogP contribution >= 0.6 is 0 Å². The number of rotatable bonds is 6. The van der Waals surface area contributed by atoms with Crippen molar-refractivity contribution in [3.63, 3.8) is 0 Å². The molecule has 1 N–H and O–H groups in total. The van der Waals surface area contributed by atoms with E-state index in [2.05, 4.69) is 0 Å². The van der Waals surface area contributed by atoms with E-state index in [0.717, 1.165) is 24.3 Å². The molecule has 0 spiro atoms. The summed E-state index contributed by atoms with van der Waals surface area (Å²) in [5.74, 6) is -1.23. The van der Waals surface area contributed by atoms with Gasteiger partial charge in [-0.25, -0.2) is 8.78 Å². The van der Waals surface area contributed by atoms with Gasteiger partial charge < -0.3 is 14.6 Å². The molecule has 0 radical (unpaired) electrons. The van der Waals surface area contributed by atoms with E-state index in [0.29, 0.717) is 0 Å². The van der Waals surface area contributed by atoms with Crippen LogP contribution in [-0.4, -0.2) is 23.7 Å². The zero-order valence-electron chi connectivity index (χ0n) is 12.0. The van der Waals surface area contributed by atoms with Crippen LogP contribution in [0.5, 0.6) is 11.5 Å². The maximum absolute atomic E-state index is 13.6. The summed E-state index contributed by atoms with van der Waals surface area (Å²) in [6.07, 6.45) is -1.41. The molecule has 6 nitrogen and oxygen atoms in total. The number of halogens is 2. The second kappa shape index (κ2) is 7.01. The molecule has 0 amide bonds. The molecular weight excluding hydrogens is 312 g/mol. The Morgan fingerprint density at radius 3 is 2.61 bits per heavy atom. The van der Waals surface area contributed by atoms with Gasteiger partial charge in [0, 0.05) is 11.6 Å². The van der Waals surface area contributed by atoms with Gasteiger partial charge in [0.25, 0.3) is 5.69 Å². The number of hydrogen-bond acceptors (Lipinski definition) is 5. The van der Waals surface area contributed by atoms with Gasteiger partial charge in [-0.05, 0) is 24.3 Å². The van der Waals surface area contributed by atoms with Crippen LogP contribution in [0.2, 0.25) is 0 Å². The molecular formula is C15H13F2NO5. The molecule has 23 heavy (non-hydrogen) atoms.